The molecule has 0 saturated heterocycles. The number of aromatic nitrogens is 1. The first-order valence-electron chi connectivity index (χ1n) is 7.09. The van der Waals surface area contributed by atoms with E-state index in [1.165, 1.54) is 10.6 Å². The monoisotopic (exact) mass is 300 g/mol. The number of aromatic carboxylic acids is 1. The van der Waals surface area contributed by atoms with Crippen molar-refractivity contribution in [2.24, 2.45) is 0 Å². The molecule has 1 aromatic carbocycles. The summed E-state index contributed by atoms with van der Waals surface area (Å²) in [5.41, 5.74) is 2.10. The van der Waals surface area contributed by atoms with E-state index in [9.17, 15) is 9.59 Å². The van der Waals surface area contributed by atoms with E-state index in [0.29, 0.717) is 13.1 Å². The van der Waals surface area contributed by atoms with Gasteiger partial charge in [0, 0.05) is 13.1 Å². The number of carboxylic acid groups (broad SMARTS) is 1. The maximum Gasteiger partial charge on any atom is 0.341 e. The Morgan fingerprint density at radius 2 is 1.77 bits per heavy atom. The normalized spacial score (nSPS) is 10.9. The maximum absolute atomic E-state index is 12.4. The fourth-order valence-corrected chi connectivity index (χ4v) is 2.24. The predicted molar refractivity (Wildman–Crippen MR) is 86.4 cm³/mol. The van der Waals surface area contributed by atoms with E-state index in [2.05, 4.69) is 0 Å². The molecule has 0 atom stereocenters. The van der Waals surface area contributed by atoms with E-state index in [-0.39, 0.29) is 5.56 Å². The Kier molecular flexibility index (Phi) is 4.78. The lowest BCUT2D eigenvalue weighted by atomic mass is 10.1. The molecule has 22 heavy (non-hydrogen) atoms. The summed E-state index contributed by atoms with van der Waals surface area (Å²) in [6.07, 6.45) is 0. The number of carboxylic acids is 1. The smallest absolute Gasteiger partial charge is 0.341 e. The second-order valence-electron chi connectivity index (χ2n) is 5.56. The Labute approximate surface area is 129 Å². The summed E-state index contributed by atoms with van der Waals surface area (Å²) in [7, 11) is 3.83. The van der Waals surface area contributed by atoms with E-state index in [1.807, 2.05) is 50.2 Å². The van der Waals surface area contributed by atoms with Crippen molar-refractivity contribution < 1.29 is 9.90 Å². The molecule has 0 aliphatic heterocycles. The molecule has 0 fully saturated rings. The zero-order chi connectivity index (χ0) is 16.3. The number of benzene rings is 1. The van der Waals surface area contributed by atoms with Crippen LogP contribution in [0.3, 0.4) is 0 Å². The minimum Gasteiger partial charge on any atom is -0.477 e. The number of aryl methyl sites for hydroxylation is 1. The summed E-state index contributed by atoms with van der Waals surface area (Å²) in [6.45, 7) is 3.09. The van der Waals surface area contributed by atoms with Crippen molar-refractivity contribution in [3.63, 3.8) is 0 Å². The zero-order valence-electron chi connectivity index (χ0n) is 13.0. The number of likely N-dealkylation sites (N-methyl/N-ethyl adjacent to an activating group) is 1. The lowest BCUT2D eigenvalue weighted by Crippen LogP contribution is -2.31. The average molecular weight is 300 g/mol. The van der Waals surface area contributed by atoms with Crippen molar-refractivity contribution in [3.8, 4) is 11.3 Å². The maximum atomic E-state index is 12.4. The zero-order valence-corrected chi connectivity index (χ0v) is 13.0. The minimum atomic E-state index is -1.20. The molecule has 2 aromatic rings. The van der Waals surface area contributed by atoms with E-state index < -0.39 is 11.5 Å². The highest BCUT2D eigenvalue weighted by Crippen LogP contribution is 2.19. The molecule has 0 aliphatic rings. The van der Waals surface area contributed by atoms with Crippen molar-refractivity contribution in [1.82, 2.24) is 9.47 Å². The molecule has 1 N–H and O–H groups in total. The van der Waals surface area contributed by atoms with E-state index in [1.54, 1.807) is 6.07 Å². The van der Waals surface area contributed by atoms with Gasteiger partial charge in [-0.05, 0) is 38.7 Å². The second kappa shape index (κ2) is 6.58. The largest absolute Gasteiger partial charge is 0.477 e. The first-order valence-corrected chi connectivity index (χ1v) is 7.09. The average Bonchev–Trinajstić information content (AvgIpc) is 2.46. The van der Waals surface area contributed by atoms with Crippen LogP contribution < -0.4 is 5.56 Å². The van der Waals surface area contributed by atoms with Gasteiger partial charge < -0.3 is 14.6 Å². The van der Waals surface area contributed by atoms with Gasteiger partial charge in [-0.1, -0.05) is 29.8 Å². The fourth-order valence-electron chi connectivity index (χ4n) is 2.24. The molecule has 1 aromatic heterocycles. The quantitative estimate of drug-likeness (QED) is 0.918. The van der Waals surface area contributed by atoms with Gasteiger partial charge in [0.2, 0.25) is 0 Å². The topological polar surface area (TPSA) is 62.5 Å². The Bertz CT molecular complexity index is 731. The molecule has 5 nitrogen and oxygen atoms in total. The van der Waals surface area contributed by atoms with Crippen LogP contribution in [0.4, 0.5) is 0 Å². The van der Waals surface area contributed by atoms with Gasteiger partial charge in [-0.15, -0.1) is 0 Å². The molecule has 116 valence electrons. The summed E-state index contributed by atoms with van der Waals surface area (Å²) in [6, 6.07) is 10.9. The van der Waals surface area contributed by atoms with Crippen LogP contribution in [0.5, 0.6) is 0 Å². The van der Waals surface area contributed by atoms with Gasteiger partial charge in [-0.25, -0.2) is 4.79 Å². The molecule has 1 heterocycles. The van der Waals surface area contributed by atoms with Gasteiger partial charge in [0.15, 0.2) is 0 Å². The van der Waals surface area contributed by atoms with Crippen LogP contribution in [0.1, 0.15) is 15.9 Å². The Morgan fingerprint density at radius 3 is 2.32 bits per heavy atom. The highest BCUT2D eigenvalue weighted by molar-refractivity contribution is 5.87. The summed E-state index contributed by atoms with van der Waals surface area (Å²) >= 11 is 0. The number of hydrogen-bond acceptors (Lipinski definition) is 3. The van der Waals surface area contributed by atoms with Crippen LogP contribution in [-0.4, -0.2) is 41.2 Å². The number of pyridine rings is 1. The third kappa shape index (κ3) is 3.43. The highest BCUT2D eigenvalue weighted by atomic mass is 16.4. The first kappa shape index (κ1) is 16.0. The van der Waals surface area contributed by atoms with Gasteiger partial charge in [-0.3, -0.25) is 4.79 Å². The third-order valence-electron chi connectivity index (χ3n) is 3.52. The molecule has 0 unspecified atom stereocenters. The Balaban J connectivity index is 2.57. The minimum absolute atomic E-state index is 0.199. The van der Waals surface area contributed by atoms with E-state index >= 15 is 0 Å². The first-order chi connectivity index (χ1) is 10.4. The van der Waals surface area contributed by atoms with E-state index in [4.69, 9.17) is 5.11 Å². The van der Waals surface area contributed by atoms with Crippen LogP contribution in [0, 0.1) is 6.92 Å². The van der Waals surface area contributed by atoms with Crippen LogP contribution in [0.2, 0.25) is 0 Å². The van der Waals surface area contributed by atoms with Crippen molar-refractivity contribution >= 4 is 5.97 Å². The molecule has 0 spiro atoms. The number of carbonyl (C=O) groups is 1. The van der Waals surface area contributed by atoms with Crippen LogP contribution >= 0.6 is 0 Å². The molecule has 0 bridgehead atoms. The van der Waals surface area contributed by atoms with Crippen molar-refractivity contribution in [2.75, 3.05) is 20.6 Å². The second-order valence-corrected chi connectivity index (χ2v) is 5.56. The highest BCUT2D eigenvalue weighted by Gasteiger charge is 2.15. The predicted octanol–water partition coefficient (Wildman–Crippen LogP) is 2.08. The molecule has 2 rings (SSSR count). The van der Waals surface area contributed by atoms with Crippen LogP contribution in [-0.2, 0) is 6.54 Å². The van der Waals surface area contributed by atoms with Crippen LogP contribution in [0.25, 0.3) is 11.3 Å². The van der Waals surface area contributed by atoms with Crippen molar-refractivity contribution in [1.29, 1.82) is 0 Å². The number of rotatable bonds is 5. The lowest BCUT2D eigenvalue weighted by molar-refractivity contribution is 0.0694. The number of hydrogen-bond donors (Lipinski definition) is 1. The molecule has 0 radical (unpaired) electrons. The molecular weight excluding hydrogens is 280 g/mol. The Hall–Kier alpha value is -2.40. The third-order valence-corrected chi connectivity index (χ3v) is 3.52. The molecule has 0 saturated carbocycles. The molecule has 0 amide bonds. The molecule has 5 heteroatoms. The van der Waals surface area contributed by atoms with Gasteiger partial charge in [-0.2, -0.15) is 0 Å². The summed E-state index contributed by atoms with van der Waals surface area (Å²) in [4.78, 5) is 25.6. The van der Waals surface area contributed by atoms with Crippen molar-refractivity contribution in [3.05, 3.63) is 57.9 Å². The summed E-state index contributed by atoms with van der Waals surface area (Å²) in [5, 5.41) is 9.14. The lowest BCUT2D eigenvalue weighted by Gasteiger charge is -2.16. The fraction of sp³-hybridized carbons (Fsp3) is 0.294. The molecular formula is C17H20N2O3. The number of nitrogens with zero attached hydrogens (tertiary/aromatic N) is 2. The Morgan fingerprint density at radius 1 is 1.14 bits per heavy atom. The standard InChI is InChI=1S/C17H20N2O3/c1-12-4-6-13(7-5-12)15-9-8-14(17(21)22)16(20)19(15)11-10-18(2)3/h4-9H,10-11H2,1-3H3,(H,21,22). The van der Waals surface area contributed by atoms with Gasteiger partial charge in [0.05, 0.1) is 5.69 Å². The van der Waals surface area contributed by atoms with Gasteiger partial charge in [0.25, 0.3) is 5.56 Å². The van der Waals surface area contributed by atoms with E-state index in [0.717, 1.165) is 16.8 Å². The van der Waals surface area contributed by atoms with Gasteiger partial charge in [0.1, 0.15) is 5.56 Å². The van der Waals surface area contributed by atoms with Crippen LogP contribution in [0.15, 0.2) is 41.2 Å². The molecule has 0 aliphatic carbocycles. The SMILES string of the molecule is Cc1ccc(-c2ccc(C(=O)O)c(=O)n2CCN(C)C)cc1. The summed E-state index contributed by atoms with van der Waals surface area (Å²) < 4.78 is 1.54. The summed E-state index contributed by atoms with van der Waals surface area (Å²) in [5.74, 6) is -1.20. The van der Waals surface area contributed by atoms with Gasteiger partial charge >= 0.3 is 5.97 Å². The van der Waals surface area contributed by atoms with Crippen molar-refractivity contribution in [2.45, 2.75) is 13.5 Å².